The minimum Gasteiger partial charge on any atom is -0.497 e. The van der Waals surface area contributed by atoms with Crippen molar-refractivity contribution in [3.8, 4) is 5.75 Å². The molecule has 0 bridgehead atoms. The molecule has 1 fully saturated rings. The van der Waals surface area contributed by atoms with Gasteiger partial charge in [0.25, 0.3) is 5.91 Å². The molecule has 0 aliphatic carbocycles. The fraction of sp³-hybridized carbons (Fsp3) is 0.375. The topological polar surface area (TPSA) is 63.0 Å². The molecule has 0 radical (unpaired) electrons. The van der Waals surface area contributed by atoms with Crippen molar-refractivity contribution in [1.29, 1.82) is 0 Å². The lowest BCUT2D eigenvalue weighted by molar-refractivity contribution is -1.02. The van der Waals surface area contributed by atoms with Crippen LogP contribution in [0.25, 0.3) is 10.9 Å². The maximum absolute atomic E-state index is 12.4. The van der Waals surface area contributed by atoms with Crippen LogP contribution >= 0.6 is 0 Å². The number of methoxy groups -OCH3 is 1. The van der Waals surface area contributed by atoms with Crippen LogP contribution in [0.4, 0.5) is 0 Å². The molecule has 1 aromatic heterocycles. The number of hydrogen-bond acceptors (Lipinski definition) is 2. The van der Waals surface area contributed by atoms with Crippen molar-refractivity contribution >= 4 is 16.8 Å². The first kappa shape index (κ1) is 20.4. The van der Waals surface area contributed by atoms with Gasteiger partial charge in [0.2, 0.25) is 0 Å². The Bertz CT molecular complexity index is 959. The molecule has 3 aromatic rings. The largest absolute Gasteiger partial charge is 0.497 e. The molecule has 2 aromatic carbocycles. The molecule has 0 atom stereocenters. The summed E-state index contributed by atoms with van der Waals surface area (Å²) in [6.45, 7) is 6.58. The van der Waals surface area contributed by atoms with Gasteiger partial charge in [0.1, 0.15) is 38.5 Å². The number of aromatic amines is 1. The molecule has 1 aliphatic heterocycles. The SMILES string of the molecule is COc1ccc(C[NH+]2CC[NH+](CC(=O)NCCc3c[nH]c4ccccc34)CC2)cc1. The minimum absolute atomic E-state index is 0.156. The Labute approximate surface area is 177 Å². The number of hydrogen-bond donors (Lipinski definition) is 4. The number of H-pyrrole nitrogens is 1. The Kier molecular flexibility index (Phi) is 6.67. The van der Waals surface area contributed by atoms with Crippen molar-refractivity contribution in [2.45, 2.75) is 13.0 Å². The number of carbonyl (C=O) groups is 1. The number of benzene rings is 2. The number of fused-ring (bicyclic) bond motifs is 1. The van der Waals surface area contributed by atoms with Crippen molar-refractivity contribution in [3.63, 3.8) is 0 Å². The summed E-state index contributed by atoms with van der Waals surface area (Å²) in [6.07, 6.45) is 2.90. The average molecular weight is 409 g/mol. The fourth-order valence-corrected chi connectivity index (χ4v) is 4.31. The van der Waals surface area contributed by atoms with E-state index in [2.05, 4.69) is 40.6 Å². The Balaban J connectivity index is 1.16. The minimum atomic E-state index is 0.156. The summed E-state index contributed by atoms with van der Waals surface area (Å²) >= 11 is 0. The molecular formula is C24H32N4O2+2. The van der Waals surface area contributed by atoms with Crippen LogP contribution in [0.2, 0.25) is 0 Å². The van der Waals surface area contributed by atoms with Gasteiger partial charge in [-0.05, 0) is 42.3 Å². The van der Waals surface area contributed by atoms with Crippen LogP contribution in [-0.4, -0.2) is 57.3 Å². The van der Waals surface area contributed by atoms with Gasteiger partial charge in [0, 0.05) is 29.2 Å². The number of nitrogens with one attached hydrogen (secondary N) is 4. The highest BCUT2D eigenvalue weighted by Gasteiger charge is 2.24. The molecule has 30 heavy (non-hydrogen) atoms. The zero-order chi connectivity index (χ0) is 20.8. The smallest absolute Gasteiger partial charge is 0.275 e. The second kappa shape index (κ2) is 9.78. The number of amides is 1. The van der Waals surface area contributed by atoms with E-state index in [-0.39, 0.29) is 5.91 Å². The standard InChI is InChI=1S/C24H30N4O2/c1-30-21-8-6-19(7-9-21)17-27-12-14-28(15-13-27)18-24(29)25-11-10-20-16-26-23-5-3-2-4-22(20)23/h2-9,16,26H,10-15,17-18H2,1H3,(H,25,29)/p+2. The maximum Gasteiger partial charge on any atom is 0.275 e. The van der Waals surface area contributed by atoms with Gasteiger partial charge in [0.15, 0.2) is 6.54 Å². The summed E-state index contributed by atoms with van der Waals surface area (Å²) in [5.74, 6) is 1.06. The summed E-state index contributed by atoms with van der Waals surface area (Å²) in [7, 11) is 1.70. The molecule has 2 heterocycles. The molecular weight excluding hydrogens is 376 g/mol. The molecule has 0 unspecified atom stereocenters. The van der Waals surface area contributed by atoms with Crippen molar-refractivity contribution in [2.75, 3.05) is 46.4 Å². The molecule has 0 saturated carbocycles. The second-order valence-electron chi connectivity index (χ2n) is 8.16. The Morgan fingerprint density at radius 1 is 1.03 bits per heavy atom. The van der Waals surface area contributed by atoms with E-state index in [4.69, 9.17) is 4.74 Å². The Morgan fingerprint density at radius 3 is 2.53 bits per heavy atom. The zero-order valence-electron chi connectivity index (χ0n) is 17.7. The van der Waals surface area contributed by atoms with E-state index < -0.39 is 0 Å². The number of piperazine rings is 1. The van der Waals surface area contributed by atoms with Gasteiger partial charge in [-0.3, -0.25) is 4.79 Å². The highest BCUT2D eigenvalue weighted by molar-refractivity contribution is 5.83. The lowest BCUT2D eigenvalue weighted by Crippen LogP contribution is -3.28. The van der Waals surface area contributed by atoms with Crippen molar-refractivity contribution < 1.29 is 19.3 Å². The summed E-state index contributed by atoms with van der Waals surface area (Å²) in [4.78, 5) is 18.6. The number of ether oxygens (including phenoxy) is 1. The second-order valence-corrected chi connectivity index (χ2v) is 8.16. The molecule has 1 aliphatic rings. The maximum atomic E-state index is 12.4. The van der Waals surface area contributed by atoms with Gasteiger partial charge in [-0.25, -0.2) is 0 Å². The van der Waals surface area contributed by atoms with Crippen molar-refractivity contribution in [3.05, 3.63) is 65.9 Å². The summed E-state index contributed by atoms with van der Waals surface area (Å²) < 4.78 is 5.23. The third kappa shape index (κ3) is 5.20. The van der Waals surface area contributed by atoms with Crippen LogP contribution < -0.4 is 19.9 Å². The monoisotopic (exact) mass is 408 g/mol. The first-order chi connectivity index (χ1) is 14.7. The van der Waals surface area contributed by atoms with Crippen LogP contribution in [0.1, 0.15) is 11.1 Å². The van der Waals surface area contributed by atoms with Crippen LogP contribution in [0.3, 0.4) is 0 Å². The highest BCUT2D eigenvalue weighted by Crippen LogP contribution is 2.17. The third-order valence-electron chi connectivity index (χ3n) is 6.08. The van der Waals surface area contributed by atoms with Gasteiger partial charge in [-0.1, -0.05) is 18.2 Å². The van der Waals surface area contributed by atoms with E-state index >= 15 is 0 Å². The number of aromatic nitrogens is 1. The van der Waals surface area contributed by atoms with Gasteiger partial charge < -0.3 is 24.8 Å². The third-order valence-corrected chi connectivity index (χ3v) is 6.08. The predicted octanol–water partition coefficient (Wildman–Crippen LogP) is -0.181. The van der Waals surface area contributed by atoms with E-state index in [1.54, 1.807) is 12.0 Å². The average Bonchev–Trinajstić information content (AvgIpc) is 3.19. The molecule has 0 spiro atoms. The number of para-hydroxylation sites is 1. The molecule has 4 rings (SSSR count). The van der Waals surface area contributed by atoms with Crippen LogP contribution in [0.15, 0.2) is 54.7 Å². The summed E-state index contributed by atoms with van der Waals surface area (Å²) in [5.41, 5.74) is 3.75. The molecule has 158 valence electrons. The van der Waals surface area contributed by atoms with Crippen molar-refractivity contribution in [2.24, 2.45) is 0 Å². The van der Waals surface area contributed by atoms with Gasteiger partial charge in [-0.2, -0.15) is 0 Å². The normalized spacial score (nSPS) is 19.0. The van der Waals surface area contributed by atoms with Crippen molar-refractivity contribution in [1.82, 2.24) is 10.3 Å². The molecule has 6 heteroatoms. The molecule has 4 N–H and O–H groups in total. The van der Waals surface area contributed by atoms with Gasteiger partial charge in [0.05, 0.1) is 7.11 Å². The van der Waals surface area contributed by atoms with Gasteiger partial charge in [-0.15, -0.1) is 0 Å². The Hall–Kier alpha value is -2.83. The molecule has 1 saturated heterocycles. The Morgan fingerprint density at radius 2 is 1.77 bits per heavy atom. The fourth-order valence-electron chi connectivity index (χ4n) is 4.31. The molecule has 1 amide bonds. The number of quaternary nitrogens is 2. The van der Waals surface area contributed by atoms with Crippen LogP contribution in [0.5, 0.6) is 5.75 Å². The first-order valence-electron chi connectivity index (χ1n) is 10.8. The van der Waals surface area contributed by atoms with E-state index in [0.717, 1.165) is 50.4 Å². The highest BCUT2D eigenvalue weighted by atomic mass is 16.5. The lowest BCUT2D eigenvalue weighted by Gasteiger charge is -2.29. The quantitative estimate of drug-likeness (QED) is 0.418. The summed E-state index contributed by atoms with van der Waals surface area (Å²) in [6, 6.07) is 16.6. The van der Waals surface area contributed by atoms with E-state index in [1.807, 2.05) is 24.4 Å². The number of rotatable bonds is 8. The number of carbonyl (C=O) groups excluding carboxylic acids is 1. The lowest BCUT2D eigenvalue weighted by atomic mass is 10.1. The van der Waals surface area contributed by atoms with E-state index in [0.29, 0.717) is 13.1 Å². The van der Waals surface area contributed by atoms with E-state index in [1.165, 1.54) is 21.4 Å². The van der Waals surface area contributed by atoms with E-state index in [9.17, 15) is 4.79 Å². The predicted molar refractivity (Wildman–Crippen MR) is 118 cm³/mol. The van der Waals surface area contributed by atoms with Crippen LogP contribution in [-0.2, 0) is 17.8 Å². The molecule has 6 nitrogen and oxygen atoms in total. The van der Waals surface area contributed by atoms with Gasteiger partial charge >= 0.3 is 0 Å². The van der Waals surface area contributed by atoms with Crippen LogP contribution in [0, 0.1) is 0 Å². The zero-order valence-corrected chi connectivity index (χ0v) is 17.7. The summed E-state index contributed by atoms with van der Waals surface area (Å²) in [5, 5.41) is 4.35. The first-order valence-corrected chi connectivity index (χ1v) is 10.8.